The Morgan fingerprint density at radius 1 is 1.19 bits per heavy atom. The number of hydrogen-bond acceptors (Lipinski definition) is 2. The molecule has 2 atom stereocenters. The number of aryl methyl sites for hydroxylation is 3. The molecule has 2 rings (SSSR count). The molecule has 2 nitrogen and oxygen atoms in total. The van der Waals surface area contributed by atoms with Crippen LogP contribution in [0.15, 0.2) is 12.1 Å². The zero-order valence-corrected chi connectivity index (χ0v) is 10.6. The van der Waals surface area contributed by atoms with Gasteiger partial charge in [-0.05, 0) is 44.4 Å². The van der Waals surface area contributed by atoms with Gasteiger partial charge in [0.05, 0.1) is 18.8 Å². The number of rotatable bonds is 1. The van der Waals surface area contributed by atoms with Crippen LogP contribution in [0.3, 0.4) is 0 Å². The van der Waals surface area contributed by atoms with Gasteiger partial charge < -0.3 is 10.1 Å². The van der Waals surface area contributed by atoms with E-state index in [1.54, 1.807) is 0 Å². The molecule has 0 spiro atoms. The summed E-state index contributed by atoms with van der Waals surface area (Å²) in [5, 5.41) is 3.56. The summed E-state index contributed by atoms with van der Waals surface area (Å²) >= 11 is 0. The molecule has 1 fully saturated rings. The summed E-state index contributed by atoms with van der Waals surface area (Å²) in [6, 6.07) is 4.86. The quantitative estimate of drug-likeness (QED) is 0.784. The lowest BCUT2D eigenvalue weighted by Crippen LogP contribution is -2.40. The molecule has 1 saturated heterocycles. The smallest absolute Gasteiger partial charge is 0.0672 e. The Hall–Kier alpha value is -0.860. The lowest BCUT2D eigenvalue weighted by atomic mass is 9.93. The van der Waals surface area contributed by atoms with Crippen molar-refractivity contribution in [1.29, 1.82) is 0 Å². The van der Waals surface area contributed by atoms with Crippen molar-refractivity contribution >= 4 is 0 Å². The van der Waals surface area contributed by atoms with Gasteiger partial charge in [0.1, 0.15) is 0 Å². The standard InChI is InChI=1S/C14H21NO/c1-9-5-10(2)14(11(3)6-9)13-8-16-12(4)7-15-13/h5-6,12-13,15H,7-8H2,1-4H3. The molecule has 16 heavy (non-hydrogen) atoms. The predicted octanol–water partition coefficient (Wildman–Crippen LogP) is 2.66. The number of benzene rings is 1. The first-order chi connectivity index (χ1) is 7.58. The van der Waals surface area contributed by atoms with E-state index in [4.69, 9.17) is 4.74 Å². The van der Waals surface area contributed by atoms with E-state index < -0.39 is 0 Å². The Morgan fingerprint density at radius 3 is 2.31 bits per heavy atom. The third-order valence-corrected chi connectivity index (χ3v) is 3.29. The molecule has 1 aliphatic heterocycles. The van der Waals surface area contributed by atoms with Crippen LogP contribution in [0.4, 0.5) is 0 Å². The average Bonchev–Trinajstić information content (AvgIpc) is 2.19. The molecule has 1 heterocycles. The minimum Gasteiger partial charge on any atom is -0.375 e. The highest BCUT2D eigenvalue weighted by atomic mass is 16.5. The van der Waals surface area contributed by atoms with Gasteiger partial charge in [-0.15, -0.1) is 0 Å². The molecule has 2 unspecified atom stereocenters. The minimum absolute atomic E-state index is 0.335. The summed E-state index contributed by atoms with van der Waals surface area (Å²) in [7, 11) is 0. The molecule has 1 aromatic rings. The molecule has 0 aliphatic carbocycles. The van der Waals surface area contributed by atoms with E-state index in [2.05, 4.69) is 45.1 Å². The number of nitrogens with one attached hydrogen (secondary N) is 1. The van der Waals surface area contributed by atoms with Crippen LogP contribution < -0.4 is 5.32 Å². The SMILES string of the molecule is Cc1cc(C)c(C2COC(C)CN2)c(C)c1. The second-order valence-electron chi connectivity index (χ2n) is 4.92. The number of hydrogen-bond donors (Lipinski definition) is 1. The van der Waals surface area contributed by atoms with Crippen LogP contribution in [0.5, 0.6) is 0 Å². The van der Waals surface area contributed by atoms with E-state index in [-0.39, 0.29) is 0 Å². The molecule has 2 heteroatoms. The van der Waals surface area contributed by atoms with Crippen LogP contribution in [0.2, 0.25) is 0 Å². The fraction of sp³-hybridized carbons (Fsp3) is 0.571. The fourth-order valence-electron chi connectivity index (χ4n) is 2.61. The van der Waals surface area contributed by atoms with Crippen molar-refractivity contribution in [2.24, 2.45) is 0 Å². The highest BCUT2D eigenvalue weighted by Crippen LogP contribution is 2.25. The summed E-state index contributed by atoms with van der Waals surface area (Å²) in [6.07, 6.45) is 0.335. The molecule has 0 radical (unpaired) electrons. The van der Waals surface area contributed by atoms with Crippen LogP contribution in [0.1, 0.15) is 35.2 Å². The van der Waals surface area contributed by atoms with Crippen LogP contribution in [-0.4, -0.2) is 19.3 Å². The minimum atomic E-state index is 0.335. The largest absolute Gasteiger partial charge is 0.375 e. The molecule has 1 aliphatic rings. The third kappa shape index (κ3) is 2.28. The number of morpholine rings is 1. The fourth-order valence-corrected chi connectivity index (χ4v) is 2.61. The maximum absolute atomic E-state index is 5.72. The first kappa shape index (κ1) is 11.6. The predicted molar refractivity (Wildman–Crippen MR) is 66.8 cm³/mol. The van der Waals surface area contributed by atoms with Gasteiger partial charge in [0, 0.05) is 6.54 Å². The van der Waals surface area contributed by atoms with Gasteiger partial charge >= 0.3 is 0 Å². The third-order valence-electron chi connectivity index (χ3n) is 3.29. The molecule has 0 aromatic heterocycles. The van der Waals surface area contributed by atoms with E-state index in [0.29, 0.717) is 12.1 Å². The summed E-state index contributed by atoms with van der Waals surface area (Å²) in [4.78, 5) is 0. The average molecular weight is 219 g/mol. The Balaban J connectivity index is 2.26. The normalized spacial score (nSPS) is 25.8. The van der Waals surface area contributed by atoms with Crippen LogP contribution in [-0.2, 0) is 4.74 Å². The van der Waals surface area contributed by atoms with Crippen molar-refractivity contribution in [3.63, 3.8) is 0 Å². The Morgan fingerprint density at radius 2 is 1.81 bits per heavy atom. The van der Waals surface area contributed by atoms with Gasteiger partial charge in [0.25, 0.3) is 0 Å². The molecule has 88 valence electrons. The van der Waals surface area contributed by atoms with Crippen LogP contribution >= 0.6 is 0 Å². The van der Waals surface area contributed by atoms with Crippen molar-refractivity contribution in [3.8, 4) is 0 Å². The van der Waals surface area contributed by atoms with Crippen molar-refractivity contribution < 1.29 is 4.74 Å². The monoisotopic (exact) mass is 219 g/mol. The van der Waals surface area contributed by atoms with Crippen molar-refractivity contribution in [2.75, 3.05) is 13.2 Å². The van der Waals surface area contributed by atoms with E-state index in [0.717, 1.165) is 13.2 Å². The second kappa shape index (κ2) is 4.56. The summed E-state index contributed by atoms with van der Waals surface area (Å²) in [6.45, 7) is 10.4. The first-order valence-corrected chi connectivity index (χ1v) is 6.00. The highest BCUT2D eigenvalue weighted by molar-refractivity contribution is 5.39. The van der Waals surface area contributed by atoms with E-state index in [1.165, 1.54) is 22.3 Å². The summed E-state index contributed by atoms with van der Waals surface area (Å²) in [5.41, 5.74) is 5.49. The first-order valence-electron chi connectivity index (χ1n) is 6.00. The van der Waals surface area contributed by atoms with Crippen LogP contribution in [0, 0.1) is 20.8 Å². The Bertz CT molecular complexity index is 355. The maximum Gasteiger partial charge on any atom is 0.0672 e. The maximum atomic E-state index is 5.72. The molecule has 1 N–H and O–H groups in total. The van der Waals surface area contributed by atoms with Crippen molar-refractivity contribution in [2.45, 2.75) is 39.8 Å². The summed E-state index contributed by atoms with van der Waals surface area (Å²) in [5.74, 6) is 0. The highest BCUT2D eigenvalue weighted by Gasteiger charge is 2.22. The zero-order chi connectivity index (χ0) is 11.7. The molecule has 0 amide bonds. The van der Waals surface area contributed by atoms with Gasteiger partial charge in [0.2, 0.25) is 0 Å². The zero-order valence-electron chi connectivity index (χ0n) is 10.6. The second-order valence-corrected chi connectivity index (χ2v) is 4.92. The van der Waals surface area contributed by atoms with Gasteiger partial charge in [-0.3, -0.25) is 0 Å². The molecular weight excluding hydrogens is 198 g/mol. The van der Waals surface area contributed by atoms with Crippen molar-refractivity contribution in [1.82, 2.24) is 5.32 Å². The van der Waals surface area contributed by atoms with Gasteiger partial charge in [0.15, 0.2) is 0 Å². The molecular formula is C14H21NO. The van der Waals surface area contributed by atoms with E-state index in [1.807, 2.05) is 0 Å². The Kier molecular flexibility index (Phi) is 3.31. The topological polar surface area (TPSA) is 21.3 Å². The van der Waals surface area contributed by atoms with E-state index >= 15 is 0 Å². The number of ether oxygens (including phenoxy) is 1. The molecule has 0 bridgehead atoms. The lowest BCUT2D eigenvalue weighted by Gasteiger charge is -2.30. The van der Waals surface area contributed by atoms with Gasteiger partial charge in [-0.1, -0.05) is 17.7 Å². The lowest BCUT2D eigenvalue weighted by molar-refractivity contribution is 0.0146. The summed E-state index contributed by atoms with van der Waals surface area (Å²) < 4.78 is 5.72. The van der Waals surface area contributed by atoms with E-state index in [9.17, 15) is 0 Å². The molecule has 0 saturated carbocycles. The van der Waals surface area contributed by atoms with Gasteiger partial charge in [-0.25, -0.2) is 0 Å². The molecule has 1 aromatic carbocycles. The van der Waals surface area contributed by atoms with Gasteiger partial charge in [-0.2, -0.15) is 0 Å². The Labute approximate surface area is 98.0 Å². The van der Waals surface area contributed by atoms with Crippen LogP contribution in [0.25, 0.3) is 0 Å². The van der Waals surface area contributed by atoms with Crippen molar-refractivity contribution in [3.05, 3.63) is 34.4 Å².